The number of rotatable bonds is 6. The maximum atomic E-state index is 12.9. The molecule has 3 aromatic heterocycles. The van der Waals surface area contributed by atoms with Crippen molar-refractivity contribution in [3.05, 3.63) is 83.1 Å². The van der Waals surface area contributed by atoms with E-state index in [1.165, 1.54) is 5.56 Å². The average molecular weight is 404 g/mol. The van der Waals surface area contributed by atoms with Crippen LogP contribution in [0.5, 0.6) is 0 Å². The lowest BCUT2D eigenvalue weighted by molar-refractivity contribution is 0.0796. The molecule has 0 bridgehead atoms. The zero-order valence-corrected chi connectivity index (χ0v) is 17.1. The molecule has 0 atom stereocenters. The van der Waals surface area contributed by atoms with Crippen molar-refractivity contribution in [1.29, 1.82) is 0 Å². The van der Waals surface area contributed by atoms with Crippen molar-refractivity contribution in [2.45, 2.75) is 13.3 Å². The maximum Gasteiger partial charge on any atom is 0.257 e. The monoisotopic (exact) mass is 403 g/mol. The Bertz CT molecular complexity index is 1110. The molecule has 3 heterocycles. The Labute approximate surface area is 173 Å². The van der Waals surface area contributed by atoms with Crippen molar-refractivity contribution in [3.8, 4) is 16.5 Å². The normalized spacial score (nSPS) is 10.8. The number of aromatic nitrogens is 4. The molecule has 4 rings (SSSR count). The second-order valence-corrected chi connectivity index (χ2v) is 7.68. The molecule has 146 valence electrons. The van der Waals surface area contributed by atoms with Gasteiger partial charge in [0.1, 0.15) is 0 Å². The summed E-state index contributed by atoms with van der Waals surface area (Å²) in [5.74, 6) is 0.401. The van der Waals surface area contributed by atoms with Gasteiger partial charge in [0.05, 0.1) is 28.0 Å². The zero-order chi connectivity index (χ0) is 20.2. The molecule has 4 aromatic rings. The van der Waals surface area contributed by atoms with Crippen LogP contribution in [0.4, 0.5) is 0 Å². The SMILES string of the molecule is Cc1c(C(=O)N(C)CCc2ccccc2)cnn1-c1nccc(-c2cccs2)n1. The maximum absolute atomic E-state index is 12.9. The van der Waals surface area contributed by atoms with E-state index in [1.54, 1.807) is 33.3 Å². The first-order chi connectivity index (χ1) is 14.1. The number of hydrogen-bond donors (Lipinski definition) is 0. The second-order valence-electron chi connectivity index (χ2n) is 6.74. The summed E-state index contributed by atoms with van der Waals surface area (Å²) in [4.78, 5) is 24.7. The van der Waals surface area contributed by atoms with Crippen LogP contribution in [-0.2, 0) is 6.42 Å². The van der Waals surface area contributed by atoms with Crippen molar-refractivity contribution >= 4 is 17.2 Å². The largest absolute Gasteiger partial charge is 0.341 e. The Morgan fingerprint density at radius 1 is 1.14 bits per heavy atom. The third kappa shape index (κ3) is 4.09. The zero-order valence-electron chi connectivity index (χ0n) is 16.3. The smallest absolute Gasteiger partial charge is 0.257 e. The molecule has 0 radical (unpaired) electrons. The molecule has 1 aromatic carbocycles. The van der Waals surface area contributed by atoms with Gasteiger partial charge in [-0.25, -0.2) is 14.6 Å². The molecular formula is C22H21N5OS. The van der Waals surface area contributed by atoms with Crippen molar-refractivity contribution < 1.29 is 4.79 Å². The minimum absolute atomic E-state index is 0.0564. The molecule has 0 unspecified atom stereocenters. The van der Waals surface area contributed by atoms with Crippen LogP contribution in [0.25, 0.3) is 16.5 Å². The first-order valence-corrected chi connectivity index (χ1v) is 10.2. The quantitative estimate of drug-likeness (QED) is 0.488. The summed E-state index contributed by atoms with van der Waals surface area (Å²) in [6.07, 6.45) is 4.12. The highest BCUT2D eigenvalue weighted by Crippen LogP contribution is 2.23. The summed E-state index contributed by atoms with van der Waals surface area (Å²) in [6, 6.07) is 16.0. The second kappa shape index (κ2) is 8.36. The van der Waals surface area contributed by atoms with E-state index in [-0.39, 0.29) is 5.91 Å². The van der Waals surface area contributed by atoms with E-state index in [1.807, 2.05) is 55.7 Å². The van der Waals surface area contributed by atoms with E-state index >= 15 is 0 Å². The summed E-state index contributed by atoms with van der Waals surface area (Å²) in [7, 11) is 1.82. The van der Waals surface area contributed by atoms with Crippen LogP contribution in [0, 0.1) is 6.92 Å². The van der Waals surface area contributed by atoms with Gasteiger partial charge in [-0.1, -0.05) is 36.4 Å². The number of benzene rings is 1. The first kappa shape index (κ1) is 19.0. The number of carbonyl (C=O) groups is 1. The third-order valence-corrected chi connectivity index (χ3v) is 5.66. The average Bonchev–Trinajstić information content (AvgIpc) is 3.42. The lowest BCUT2D eigenvalue weighted by atomic mass is 10.1. The van der Waals surface area contributed by atoms with Crippen LogP contribution in [0.15, 0.2) is 66.3 Å². The van der Waals surface area contributed by atoms with Crippen LogP contribution in [-0.4, -0.2) is 44.1 Å². The van der Waals surface area contributed by atoms with E-state index in [0.717, 1.165) is 22.7 Å². The molecule has 1 amide bonds. The number of likely N-dealkylation sites (N-methyl/N-ethyl adjacent to an activating group) is 1. The van der Waals surface area contributed by atoms with Gasteiger partial charge in [-0.05, 0) is 36.4 Å². The predicted octanol–water partition coefficient (Wildman–Crippen LogP) is 4.01. The molecule has 0 aliphatic heterocycles. The Morgan fingerprint density at radius 3 is 2.72 bits per heavy atom. The standard InChI is InChI=1S/C22H21N5OS/c1-16-18(21(28)26(2)13-11-17-7-4-3-5-8-17)15-24-27(16)22-23-12-10-19(25-22)20-9-6-14-29-20/h3-10,12,14-15H,11,13H2,1-2H3. The van der Waals surface area contributed by atoms with E-state index in [0.29, 0.717) is 18.1 Å². The molecule has 0 fully saturated rings. The minimum atomic E-state index is -0.0564. The number of thiophene rings is 1. The molecule has 29 heavy (non-hydrogen) atoms. The molecular weight excluding hydrogens is 382 g/mol. The van der Waals surface area contributed by atoms with Gasteiger partial charge in [0, 0.05) is 19.8 Å². The van der Waals surface area contributed by atoms with E-state index < -0.39 is 0 Å². The highest BCUT2D eigenvalue weighted by atomic mass is 32.1. The fourth-order valence-corrected chi connectivity index (χ4v) is 3.78. The summed E-state index contributed by atoms with van der Waals surface area (Å²) < 4.78 is 1.62. The van der Waals surface area contributed by atoms with Crippen LogP contribution in [0.2, 0.25) is 0 Å². The van der Waals surface area contributed by atoms with Gasteiger partial charge in [0.25, 0.3) is 11.9 Å². The number of nitrogens with zero attached hydrogens (tertiary/aromatic N) is 5. The van der Waals surface area contributed by atoms with Gasteiger partial charge < -0.3 is 4.90 Å². The highest BCUT2D eigenvalue weighted by Gasteiger charge is 2.20. The Morgan fingerprint density at radius 2 is 1.97 bits per heavy atom. The molecule has 7 heteroatoms. The molecule has 6 nitrogen and oxygen atoms in total. The highest BCUT2D eigenvalue weighted by molar-refractivity contribution is 7.13. The van der Waals surface area contributed by atoms with Crippen LogP contribution < -0.4 is 0 Å². The van der Waals surface area contributed by atoms with Gasteiger partial charge in [-0.3, -0.25) is 4.79 Å². The third-order valence-electron chi connectivity index (χ3n) is 4.77. The first-order valence-electron chi connectivity index (χ1n) is 9.35. The Balaban J connectivity index is 1.52. The van der Waals surface area contributed by atoms with Gasteiger partial charge >= 0.3 is 0 Å². The van der Waals surface area contributed by atoms with Crippen molar-refractivity contribution in [2.75, 3.05) is 13.6 Å². The van der Waals surface area contributed by atoms with Gasteiger partial charge in [-0.15, -0.1) is 11.3 Å². The van der Waals surface area contributed by atoms with Gasteiger partial charge in [0.2, 0.25) is 0 Å². The summed E-state index contributed by atoms with van der Waals surface area (Å²) in [6.45, 7) is 2.50. The Hall–Kier alpha value is -3.32. The number of carbonyl (C=O) groups excluding carboxylic acids is 1. The van der Waals surface area contributed by atoms with E-state index in [4.69, 9.17) is 0 Å². The molecule has 0 saturated heterocycles. The molecule has 0 spiro atoms. The molecule has 0 aliphatic rings. The molecule has 0 aliphatic carbocycles. The minimum Gasteiger partial charge on any atom is -0.341 e. The van der Waals surface area contributed by atoms with E-state index in [9.17, 15) is 4.79 Å². The Kier molecular flexibility index (Phi) is 5.48. The van der Waals surface area contributed by atoms with Crippen LogP contribution in [0.3, 0.4) is 0 Å². The fraction of sp³-hybridized carbons (Fsp3) is 0.182. The van der Waals surface area contributed by atoms with Gasteiger partial charge in [-0.2, -0.15) is 5.10 Å². The summed E-state index contributed by atoms with van der Waals surface area (Å²) >= 11 is 1.62. The summed E-state index contributed by atoms with van der Waals surface area (Å²) in [5.41, 5.74) is 3.33. The van der Waals surface area contributed by atoms with E-state index in [2.05, 4.69) is 27.2 Å². The number of hydrogen-bond acceptors (Lipinski definition) is 5. The molecule has 0 N–H and O–H groups in total. The van der Waals surface area contributed by atoms with Crippen molar-refractivity contribution in [1.82, 2.24) is 24.6 Å². The predicted molar refractivity (Wildman–Crippen MR) is 114 cm³/mol. The van der Waals surface area contributed by atoms with Gasteiger partial charge in [0.15, 0.2) is 0 Å². The van der Waals surface area contributed by atoms with Crippen molar-refractivity contribution in [3.63, 3.8) is 0 Å². The molecule has 0 saturated carbocycles. The summed E-state index contributed by atoms with van der Waals surface area (Å²) in [5, 5.41) is 6.39. The van der Waals surface area contributed by atoms with Crippen LogP contribution >= 0.6 is 11.3 Å². The lowest BCUT2D eigenvalue weighted by Crippen LogP contribution is -2.29. The fourth-order valence-electron chi connectivity index (χ4n) is 3.08. The van der Waals surface area contributed by atoms with Crippen LogP contribution in [0.1, 0.15) is 21.6 Å². The topological polar surface area (TPSA) is 63.9 Å². The lowest BCUT2D eigenvalue weighted by Gasteiger charge is -2.17. The number of amides is 1. The van der Waals surface area contributed by atoms with Crippen molar-refractivity contribution in [2.24, 2.45) is 0 Å².